The first kappa shape index (κ1) is 11.9. The molecule has 1 aromatic rings. The van der Waals surface area contributed by atoms with Crippen LogP contribution in [0.5, 0.6) is 0 Å². The lowest BCUT2D eigenvalue weighted by molar-refractivity contribution is -0.121. The summed E-state index contributed by atoms with van der Waals surface area (Å²) in [7, 11) is 3.86. The number of likely N-dealkylation sites (N-methyl/N-ethyl adjacent to an activating group) is 1. The summed E-state index contributed by atoms with van der Waals surface area (Å²) < 4.78 is 0. The van der Waals surface area contributed by atoms with Gasteiger partial charge < -0.3 is 0 Å². The predicted molar refractivity (Wildman–Crippen MR) is 62.9 cm³/mol. The number of hydrogen-bond acceptors (Lipinski definition) is 2. The Kier molecular flexibility index (Phi) is 4.04. The molecule has 2 nitrogen and oxygen atoms in total. The molecule has 1 rings (SSSR count). The second kappa shape index (κ2) is 5.08. The van der Waals surface area contributed by atoms with Crippen LogP contribution in [0.1, 0.15) is 31.0 Å². The second-order valence-electron chi connectivity index (χ2n) is 4.07. The van der Waals surface area contributed by atoms with Gasteiger partial charge in [-0.15, -0.1) is 0 Å². The summed E-state index contributed by atoms with van der Waals surface area (Å²) in [6, 6.07) is 8.16. The number of Topliss-reactive ketones (excluding diaryl/α,β-unsaturated/α-hetero) is 1. The number of benzene rings is 1. The minimum absolute atomic E-state index is 0.115. The zero-order valence-corrected chi connectivity index (χ0v) is 9.95. The van der Waals surface area contributed by atoms with Crippen LogP contribution in [0, 0.1) is 0 Å². The van der Waals surface area contributed by atoms with Crippen molar-refractivity contribution in [1.82, 2.24) is 4.90 Å². The Morgan fingerprint density at radius 1 is 1.27 bits per heavy atom. The van der Waals surface area contributed by atoms with Gasteiger partial charge in [0.15, 0.2) is 5.78 Å². The average Bonchev–Trinajstić information content (AvgIpc) is 2.18. The topological polar surface area (TPSA) is 20.3 Å². The number of nitrogens with zero attached hydrogens (tertiary/aromatic N) is 1. The lowest BCUT2D eigenvalue weighted by atomic mass is 10.0. The molecule has 1 atom stereocenters. The van der Waals surface area contributed by atoms with Crippen molar-refractivity contribution in [2.24, 2.45) is 0 Å². The van der Waals surface area contributed by atoms with E-state index in [1.165, 1.54) is 5.56 Å². The summed E-state index contributed by atoms with van der Waals surface area (Å²) in [6.45, 7) is 3.77. The van der Waals surface area contributed by atoms with Gasteiger partial charge in [0.25, 0.3) is 0 Å². The third kappa shape index (κ3) is 2.90. The third-order valence-electron chi connectivity index (χ3n) is 2.61. The fourth-order valence-corrected chi connectivity index (χ4v) is 1.83. The van der Waals surface area contributed by atoms with E-state index in [0.29, 0.717) is 0 Å². The number of carbonyl (C=O) groups is 1. The first-order valence-corrected chi connectivity index (χ1v) is 5.32. The van der Waals surface area contributed by atoms with Gasteiger partial charge in [-0.1, -0.05) is 31.2 Å². The normalized spacial score (nSPS) is 12.9. The minimum Gasteiger partial charge on any atom is -0.298 e. The second-order valence-corrected chi connectivity index (χ2v) is 4.07. The fraction of sp³-hybridized carbons (Fsp3) is 0.462. The summed E-state index contributed by atoms with van der Waals surface area (Å²) in [5, 5.41) is 0. The van der Waals surface area contributed by atoms with E-state index in [0.717, 1.165) is 12.0 Å². The first-order chi connectivity index (χ1) is 7.06. The Morgan fingerprint density at radius 3 is 2.13 bits per heavy atom. The van der Waals surface area contributed by atoms with Gasteiger partial charge in [0, 0.05) is 0 Å². The molecule has 0 aliphatic carbocycles. The lowest BCUT2D eigenvalue weighted by Crippen LogP contribution is -2.25. The van der Waals surface area contributed by atoms with Gasteiger partial charge in [-0.2, -0.15) is 0 Å². The summed E-state index contributed by atoms with van der Waals surface area (Å²) in [5.74, 6) is 0.184. The highest BCUT2D eigenvalue weighted by Gasteiger charge is 2.18. The standard InChI is InChI=1S/C13H19NO/c1-5-11-6-8-12(9-7-11)13(10(2)15)14(3)4/h6-9,13H,5H2,1-4H3. The molecular formula is C13H19NO. The molecule has 0 bridgehead atoms. The van der Waals surface area contributed by atoms with Crippen molar-refractivity contribution >= 4 is 5.78 Å². The Labute approximate surface area is 91.9 Å². The van der Waals surface area contributed by atoms with E-state index in [1.807, 2.05) is 31.1 Å². The van der Waals surface area contributed by atoms with Crippen molar-refractivity contribution in [3.63, 3.8) is 0 Å². The van der Waals surface area contributed by atoms with Crippen LogP contribution in [-0.4, -0.2) is 24.8 Å². The van der Waals surface area contributed by atoms with Gasteiger partial charge in [0.1, 0.15) is 0 Å². The van der Waals surface area contributed by atoms with Gasteiger partial charge in [-0.25, -0.2) is 0 Å². The molecule has 0 aliphatic heterocycles. The van der Waals surface area contributed by atoms with Crippen molar-refractivity contribution in [2.75, 3.05) is 14.1 Å². The molecule has 0 N–H and O–H groups in total. The molecule has 0 fully saturated rings. The molecule has 0 aromatic heterocycles. The van der Waals surface area contributed by atoms with E-state index in [-0.39, 0.29) is 11.8 Å². The van der Waals surface area contributed by atoms with Crippen molar-refractivity contribution in [1.29, 1.82) is 0 Å². The minimum atomic E-state index is -0.115. The monoisotopic (exact) mass is 205 g/mol. The van der Waals surface area contributed by atoms with E-state index >= 15 is 0 Å². The average molecular weight is 205 g/mol. The molecule has 15 heavy (non-hydrogen) atoms. The lowest BCUT2D eigenvalue weighted by Gasteiger charge is -2.22. The van der Waals surface area contributed by atoms with Crippen LogP contribution in [0.3, 0.4) is 0 Å². The van der Waals surface area contributed by atoms with E-state index in [4.69, 9.17) is 0 Å². The number of rotatable bonds is 4. The maximum absolute atomic E-state index is 11.5. The van der Waals surface area contributed by atoms with Gasteiger partial charge in [0.2, 0.25) is 0 Å². The Hall–Kier alpha value is -1.15. The van der Waals surface area contributed by atoms with Crippen molar-refractivity contribution in [3.8, 4) is 0 Å². The molecule has 0 saturated heterocycles. The van der Waals surface area contributed by atoms with E-state index in [1.54, 1.807) is 6.92 Å². The van der Waals surface area contributed by atoms with E-state index in [2.05, 4.69) is 19.1 Å². The summed E-state index contributed by atoms with van der Waals surface area (Å²) in [5.41, 5.74) is 2.38. The predicted octanol–water partition coefficient (Wildman–Crippen LogP) is 2.44. The van der Waals surface area contributed by atoms with Gasteiger partial charge in [-0.3, -0.25) is 9.69 Å². The van der Waals surface area contributed by atoms with Crippen molar-refractivity contribution in [3.05, 3.63) is 35.4 Å². The molecule has 0 radical (unpaired) electrons. The highest BCUT2D eigenvalue weighted by atomic mass is 16.1. The molecule has 0 spiro atoms. The molecule has 2 heteroatoms. The van der Waals surface area contributed by atoms with Crippen LogP contribution < -0.4 is 0 Å². The van der Waals surface area contributed by atoms with Crippen molar-refractivity contribution in [2.45, 2.75) is 26.3 Å². The fourth-order valence-electron chi connectivity index (χ4n) is 1.83. The van der Waals surface area contributed by atoms with Crippen LogP contribution in [-0.2, 0) is 11.2 Å². The summed E-state index contributed by atoms with van der Waals surface area (Å²) >= 11 is 0. The molecule has 0 aliphatic rings. The molecule has 0 heterocycles. The van der Waals surface area contributed by atoms with Crippen molar-refractivity contribution < 1.29 is 4.79 Å². The first-order valence-electron chi connectivity index (χ1n) is 5.32. The number of aryl methyl sites for hydroxylation is 1. The Balaban J connectivity index is 2.97. The van der Waals surface area contributed by atoms with Crippen LogP contribution >= 0.6 is 0 Å². The largest absolute Gasteiger partial charge is 0.298 e. The third-order valence-corrected chi connectivity index (χ3v) is 2.61. The van der Waals surface area contributed by atoms with Gasteiger partial charge >= 0.3 is 0 Å². The molecule has 0 saturated carbocycles. The molecule has 0 amide bonds. The molecule has 82 valence electrons. The Bertz CT molecular complexity index is 327. The number of carbonyl (C=O) groups excluding carboxylic acids is 1. The van der Waals surface area contributed by atoms with Gasteiger partial charge in [0.05, 0.1) is 6.04 Å². The smallest absolute Gasteiger partial charge is 0.151 e. The van der Waals surface area contributed by atoms with Crippen LogP contribution in [0.15, 0.2) is 24.3 Å². The maximum Gasteiger partial charge on any atom is 0.151 e. The summed E-state index contributed by atoms with van der Waals surface area (Å²) in [4.78, 5) is 13.4. The summed E-state index contributed by atoms with van der Waals surface area (Å²) in [6.07, 6.45) is 1.03. The Morgan fingerprint density at radius 2 is 1.80 bits per heavy atom. The zero-order valence-electron chi connectivity index (χ0n) is 9.95. The maximum atomic E-state index is 11.5. The quantitative estimate of drug-likeness (QED) is 0.752. The van der Waals surface area contributed by atoms with Crippen LogP contribution in [0.25, 0.3) is 0 Å². The van der Waals surface area contributed by atoms with E-state index < -0.39 is 0 Å². The number of ketones is 1. The van der Waals surface area contributed by atoms with Crippen LogP contribution in [0.4, 0.5) is 0 Å². The van der Waals surface area contributed by atoms with E-state index in [9.17, 15) is 4.79 Å². The SMILES string of the molecule is CCc1ccc(C(C(C)=O)N(C)C)cc1. The molecular weight excluding hydrogens is 186 g/mol. The highest BCUT2D eigenvalue weighted by Crippen LogP contribution is 2.19. The van der Waals surface area contributed by atoms with Gasteiger partial charge in [-0.05, 0) is 38.6 Å². The number of hydrogen-bond donors (Lipinski definition) is 0. The zero-order chi connectivity index (χ0) is 11.4. The molecule has 1 aromatic carbocycles. The molecule has 1 unspecified atom stereocenters. The highest BCUT2D eigenvalue weighted by molar-refractivity contribution is 5.82. The van der Waals surface area contributed by atoms with Crippen LogP contribution in [0.2, 0.25) is 0 Å².